The van der Waals surface area contributed by atoms with Crippen molar-refractivity contribution in [1.29, 1.82) is 0 Å². The molecule has 9 aromatic rings. The van der Waals surface area contributed by atoms with Gasteiger partial charge >= 0.3 is 0 Å². The highest BCUT2D eigenvalue weighted by molar-refractivity contribution is 6.12. The number of nitrogens with zero attached hydrogens (tertiary/aromatic N) is 2. The molecule has 2 nitrogen and oxygen atoms in total. The van der Waals surface area contributed by atoms with Gasteiger partial charge in [0.15, 0.2) is 0 Å². The van der Waals surface area contributed by atoms with Crippen molar-refractivity contribution in [2.45, 2.75) is 13.8 Å². The highest BCUT2D eigenvalue weighted by Crippen LogP contribution is 2.39. The average Bonchev–Trinajstić information content (AvgIpc) is 3.61. The molecule has 0 atom stereocenters. The van der Waals surface area contributed by atoms with Gasteiger partial charge in [0.2, 0.25) is 0 Å². The molecule has 0 fully saturated rings. The molecule has 0 bridgehead atoms. The van der Waals surface area contributed by atoms with Gasteiger partial charge in [-0.3, -0.25) is 0 Å². The molecule has 0 amide bonds. The number of hydrogen-bond acceptors (Lipinski definition) is 0. The Bertz CT molecular complexity index is 2600. The molecule has 0 aliphatic rings. The Balaban J connectivity index is 1.24. The lowest BCUT2D eigenvalue weighted by Gasteiger charge is -2.16. The van der Waals surface area contributed by atoms with Crippen LogP contribution in [-0.2, 0) is 0 Å². The Morgan fingerprint density at radius 1 is 0.370 bits per heavy atom. The third-order valence-corrected chi connectivity index (χ3v) is 9.67. The first-order valence-corrected chi connectivity index (χ1v) is 16.0. The molecular formula is C44H32N2. The van der Waals surface area contributed by atoms with Crippen molar-refractivity contribution in [2.75, 3.05) is 0 Å². The van der Waals surface area contributed by atoms with E-state index in [-0.39, 0.29) is 0 Å². The first kappa shape index (κ1) is 26.5. The summed E-state index contributed by atoms with van der Waals surface area (Å²) in [7, 11) is 0. The first-order chi connectivity index (χ1) is 22.7. The van der Waals surface area contributed by atoms with Gasteiger partial charge in [0.25, 0.3) is 0 Å². The van der Waals surface area contributed by atoms with Crippen molar-refractivity contribution < 1.29 is 0 Å². The molecule has 0 unspecified atom stereocenters. The summed E-state index contributed by atoms with van der Waals surface area (Å²) >= 11 is 0. The summed E-state index contributed by atoms with van der Waals surface area (Å²) < 4.78 is 4.82. The quantitative estimate of drug-likeness (QED) is 0.194. The van der Waals surface area contributed by atoms with Crippen molar-refractivity contribution in [1.82, 2.24) is 9.13 Å². The second-order valence-corrected chi connectivity index (χ2v) is 12.3. The van der Waals surface area contributed by atoms with E-state index in [4.69, 9.17) is 0 Å². The normalized spacial score (nSPS) is 11.7. The molecule has 2 heteroatoms. The second-order valence-electron chi connectivity index (χ2n) is 12.3. The van der Waals surface area contributed by atoms with Crippen LogP contribution >= 0.6 is 0 Å². The Morgan fingerprint density at radius 2 is 0.891 bits per heavy atom. The van der Waals surface area contributed by atoms with Crippen LogP contribution in [0.5, 0.6) is 0 Å². The molecule has 0 aliphatic carbocycles. The molecular weight excluding hydrogens is 556 g/mol. The summed E-state index contributed by atoms with van der Waals surface area (Å²) in [5.41, 5.74) is 14.9. The van der Waals surface area contributed by atoms with Crippen molar-refractivity contribution in [3.05, 3.63) is 169 Å². The van der Waals surface area contributed by atoms with Gasteiger partial charge in [-0.15, -0.1) is 0 Å². The van der Waals surface area contributed by atoms with Crippen LogP contribution in [0.3, 0.4) is 0 Å². The minimum atomic E-state index is 1.18. The summed E-state index contributed by atoms with van der Waals surface area (Å²) in [6, 6.07) is 57.5. The average molecular weight is 589 g/mol. The summed E-state index contributed by atoms with van der Waals surface area (Å²) in [6.45, 7) is 4.45. The number of para-hydroxylation sites is 3. The minimum Gasteiger partial charge on any atom is -0.309 e. The van der Waals surface area contributed by atoms with Crippen LogP contribution in [0.1, 0.15) is 11.1 Å². The van der Waals surface area contributed by atoms with E-state index in [1.54, 1.807) is 0 Å². The maximum absolute atomic E-state index is 2.45. The fraction of sp³-hybridized carbons (Fsp3) is 0.0455. The van der Waals surface area contributed by atoms with Gasteiger partial charge in [-0.2, -0.15) is 0 Å². The number of aromatic nitrogens is 2. The Morgan fingerprint density at radius 3 is 1.57 bits per heavy atom. The van der Waals surface area contributed by atoms with Gasteiger partial charge in [0.05, 0.1) is 22.1 Å². The van der Waals surface area contributed by atoms with E-state index in [0.29, 0.717) is 0 Å². The second kappa shape index (κ2) is 10.4. The van der Waals surface area contributed by atoms with Crippen molar-refractivity contribution in [2.24, 2.45) is 0 Å². The van der Waals surface area contributed by atoms with Crippen LogP contribution in [0.4, 0.5) is 0 Å². The zero-order valence-electron chi connectivity index (χ0n) is 25.9. The Kier molecular flexibility index (Phi) is 5.97. The SMILES string of the molecule is Cc1ccccc1-c1cccc(-n2c3ccccc3c3cc(-c4ccc5c(c4)c4ccccc4n5-c4ccccc4)ccc32)c1C. The number of benzene rings is 7. The van der Waals surface area contributed by atoms with E-state index in [1.807, 2.05) is 0 Å². The van der Waals surface area contributed by atoms with E-state index in [0.717, 1.165) is 0 Å². The first-order valence-electron chi connectivity index (χ1n) is 16.0. The molecule has 0 saturated heterocycles. The molecule has 0 spiro atoms. The lowest BCUT2D eigenvalue weighted by Crippen LogP contribution is -1.99. The summed E-state index contributed by atoms with van der Waals surface area (Å²) in [5, 5.41) is 5.07. The van der Waals surface area contributed by atoms with Crippen molar-refractivity contribution in [3.63, 3.8) is 0 Å². The van der Waals surface area contributed by atoms with Crippen LogP contribution < -0.4 is 0 Å². The molecule has 46 heavy (non-hydrogen) atoms. The monoisotopic (exact) mass is 588 g/mol. The molecule has 0 saturated carbocycles. The maximum Gasteiger partial charge on any atom is 0.0541 e. The van der Waals surface area contributed by atoms with E-state index in [2.05, 4.69) is 181 Å². The molecule has 0 radical (unpaired) electrons. The standard InChI is InChI=1S/C44H32N2/c1-29-13-6-7-16-34(29)35-19-12-22-40(30(35)2)46-42-21-11-9-18-37(42)39-28-32(24-26-44(39)46)31-23-25-43-38(27-31)36-17-8-10-20-41(36)45(43)33-14-4-3-5-15-33/h3-28H,1-2H3. The van der Waals surface area contributed by atoms with Crippen LogP contribution in [0, 0.1) is 13.8 Å². The lowest BCUT2D eigenvalue weighted by molar-refractivity contribution is 1.15. The summed E-state index contributed by atoms with van der Waals surface area (Å²) in [4.78, 5) is 0. The Hall–Kier alpha value is -5.86. The zero-order chi connectivity index (χ0) is 30.8. The van der Waals surface area contributed by atoms with E-state index in [1.165, 1.54) is 88.4 Å². The fourth-order valence-corrected chi connectivity index (χ4v) is 7.45. The van der Waals surface area contributed by atoms with Gasteiger partial charge in [-0.05, 0) is 102 Å². The van der Waals surface area contributed by atoms with Crippen LogP contribution in [-0.4, -0.2) is 9.13 Å². The summed E-state index contributed by atoms with van der Waals surface area (Å²) in [5.74, 6) is 0. The number of hydrogen-bond donors (Lipinski definition) is 0. The van der Waals surface area contributed by atoms with Crippen LogP contribution in [0.25, 0.3) is 77.2 Å². The topological polar surface area (TPSA) is 9.86 Å². The molecule has 0 N–H and O–H groups in total. The van der Waals surface area contributed by atoms with Crippen molar-refractivity contribution >= 4 is 43.6 Å². The molecule has 218 valence electrons. The van der Waals surface area contributed by atoms with Crippen LogP contribution in [0.15, 0.2) is 158 Å². The number of rotatable bonds is 4. The van der Waals surface area contributed by atoms with Gasteiger partial charge in [0, 0.05) is 32.9 Å². The Labute approximate surface area is 268 Å². The molecule has 2 aromatic heterocycles. The van der Waals surface area contributed by atoms with Crippen molar-refractivity contribution in [3.8, 4) is 33.6 Å². The zero-order valence-corrected chi connectivity index (χ0v) is 25.9. The van der Waals surface area contributed by atoms with Gasteiger partial charge in [-0.1, -0.05) is 103 Å². The van der Waals surface area contributed by atoms with E-state index >= 15 is 0 Å². The van der Waals surface area contributed by atoms with E-state index < -0.39 is 0 Å². The lowest BCUT2D eigenvalue weighted by atomic mass is 9.95. The van der Waals surface area contributed by atoms with E-state index in [9.17, 15) is 0 Å². The third-order valence-electron chi connectivity index (χ3n) is 9.67. The molecule has 9 rings (SSSR count). The predicted octanol–water partition coefficient (Wildman–Crippen LogP) is 11.8. The molecule has 7 aromatic carbocycles. The highest BCUT2D eigenvalue weighted by atomic mass is 15.0. The highest BCUT2D eigenvalue weighted by Gasteiger charge is 2.18. The van der Waals surface area contributed by atoms with Gasteiger partial charge in [-0.25, -0.2) is 0 Å². The van der Waals surface area contributed by atoms with Gasteiger partial charge < -0.3 is 9.13 Å². The molecule has 2 heterocycles. The fourth-order valence-electron chi connectivity index (χ4n) is 7.45. The van der Waals surface area contributed by atoms with Crippen LogP contribution in [0.2, 0.25) is 0 Å². The number of aryl methyl sites for hydroxylation is 1. The smallest absolute Gasteiger partial charge is 0.0541 e. The summed E-state index contributed by atoms with van der Waals surface area (Å²) in [6.07, 6.45) is 0. The minimum absolute atomic E-state index is 1.18. The predicted molar refractivity (Wildman–Crippen MR) is 195 cm³/mol. The largest absolute Gasteiger partial charge is 0.309 e. The third kappa shape index (κ3) is 3.97. The molecule has 0 aliphatic heterocycles. The number of fused-ring (bicyclic) bond motifs is 6. The maximum atomic E-state index is 2.45. The van der Waals surface area contributed by atoms with Gasteiger partial charge in [0.1, 0.15) is 0 Å².